The highest BCUT2D eigenvalue weighted by atomic mass is 32.1. The fourth-order valence-electron chi connectivity index (χ4n) is 2.90. The Hall–Kier alpha value is -3.26. The van der Waals surface area contributed by atoms with Crippen molar-refractivity contribution in [3.8, 4) is 5.75 Å². The lowest BCUT2D eigenvalue weighted by molar-refractivity contribution is 0.415. The SMILES string of the molecule is COc1ccc(/C=N/n2c(Cn3c(C)nc4ccccc43)n[nH]c2=S)cc1. The van der Waals surface area contributed by atoms with Crippen molar-refractivity contribution in [2.24, 2.45) is 5.10 Å². The third-order valence-corrected chi connectivity index (χ3v) is 4.56. The van der Waals surface area contributed by atoms with Crippen LogP contribution in [0.3, 0.4) is 0 Å². The first-order valence-electron chi connectivity index (χ1n) is 8.42. The molecule has 0 saturated heterocycles. The number of hydrogen-bond acceptors (Lipinski definition) is 5. The first-order valence-corrected chi connectivity index (χ1v) is 8.83. The molecule has 7 nitrogen and oxygen atoms in total. The molecule has 0 radical (unpaired) electrons. The van der Waals surface area contributed by atoms with E-state index in [4.69, 9.17) is 17.0 Å². The van der Waals surface area contributed by atoms with Gasteiger partial charge in [0.2, 0.25) is 4.77 Å². The molecule has 0 bridgehead atoms. The molecule has 27 heavy (non-hydrogen) atoms. The van der Waals surface area contributed by atoms with Crippen LogP contribution in [-0.4, -0.2) is 37.7 Å². The second-order valence-electron chi connectivity index (χ2n) is 6.01. The molecule has 0 saturated carbocycles. The molecule has 0 atom stereocenters. The number of aromatic nitrogens is 5. The normalized spacial score (nSPS) is 11.5. The minimum atomic E-state index is 0.442. The molecule has 4 rings (SSSR count). The van der Waals surface area contributed by atoms with Gasteiger partial charge in [0.25, 0.3) is 0 Å². The lowest BCUT2D eigenvalue weighted by Crippen LogP contribution is -2.08. The van der Waals surface area contributed by atoms with Gasteiger partial charge in [0.15, 0.2) is 5.82 Å². The van der Waals surface area contributed by atoms with Crippen molar-refractivity contribution < 1.29 is 4.74 Å². The third-order valence-electron chi connectivity index (χ3n) is 4.30. The first-order chi connectivity index (χ1) is 13.2. The number of hydrogen-bond donors (Lipinski definition) is 1. The molecular formula is C19H18N6OS. The summed E-state index contributed by atoms with van der Waals surface area (Å²) in [6, 6.07) is 15.7. The first kappa shape index (κ1) is 17.2. The fourth-order valence-corrected chi connectivity index (χ4v) is 3.10. The number of nitrogens with one attached hydrogen (secondary N) is 1. The largest absolute Gasteiger partial charge is 0.497 e. The van der Waals surface area contributed by atoms with Crippen molar-refractivity contribution in [3.63, 3.8) is 0 Å². The summed E-state index contributed by atoms with van der Waals surface area (Å²) in [7, 11) is 1.64. The number of fused-ring (bicyclic) bond motifs is 1. The number of imidazole rings is 1. The number of aromatic amines is 1. The van der Waals surface area contributed by atoms with Crippen LogP contribution in [0.2, 0.25) is 0 Å². The fraction of sp³-hybridized carbons (Fsp3) is 0.158. The summed E-state index contributed by atoms with van der Waals surface area (Å²) in [6.07, 6.45) is 1.74. The summed E-state index contributed by atoms with van der Waals surface area (Å²) in [4.78, 5) is 4.60. The van der Waals surface area contributed by atoms with Crippen molar-refractivity contribution in [1.82, 2.24) is 24.4 Å². The maximum atomic E-state index is 5.34. The standard InChI is InChI=1S/C19H18N6OS/c1-13-21-16-5-3-4-6-17(16)24(13)12-18-22-23-19(27)25(18)20-11-14-7-9-15(26-2)10-8-14/h3-11H,12H2,1-2H3,(H,23,27)/b20-11+. The van der Waals surface area contributed by atoms with Gasteiger partial charge in [0.1, 0.15) is 11.6 Å². The van der Waals surface area contributed by atoms with E-state index in [1.807, 2.05) is 55.5 Å². The number of ether oxygens (including phenoxy) is 1. The summed E-state index contributed by atoms with van der Waals surface area (Å²) in [6.45, 7) is 2.49. The average Bonchev–Trinajstić information content (AvgIpc) is 3.20. The Morgan fingerprint density at radius 2 is 1.96 bits per heavy atom. The Morgan fingerprint density at radius 3 is 2.74 bits per heavy atom. The average molecular weight is 378 g/mol. The Balaban J connectivity index is 1.66. The number of methoxy groups -OCH3 is 1. The van der Waals surface area contributed by atoms with Gasteiger partial charge < -0.3 is 9.30 Å². The number of para-hydroxylation sites is 2. The van der Waals surface area contributed by atoms with E-state index in [2.05, 4.69) is 24.8 Å². The minimum absolute atomic E-state index is 0.442. The molecular weight excluding hydrogens is 360 g/mol. The molecule has 0 aliphatic rings. The Morgan fingerprint density at radius 1 is 1.19 bits per heavy atom. The van der Waals surface area contributed by atoms with Gasteiger partial charge in [-0.1, -0.05) is 12.1 Å². The van der Waals surface area contributed by atoms with Crippen LogP contribution in [0, 0.1) is 11.7 Å². The van der Waals surface area contributed by atoms with Crippen LogP contribution in [0.15, 0.2) is 53.6 Å². The van der Waals surface area contributed by atoms with Gasteiger partial charge in [-0.05, 0) is 61.1 Å². The van der Waals surface area contributed by atoms with Gasteiger partial charge in [-0.25, -0.2) is 4.98 Å². The van der Waals surface area contributed by atoms with E-state index < -0.39 is 0 Å². The molecule has 0 unspecified atom stereocenters. The number of nitrogens with zero attached hydrogens (tertiary/aromatic N) is 5. The molecule has 136 valence electrons. The van der Waals surface area contributed by atoms with Crippen LogP contribution >= 0.6 is 12.2 Å². The Labute approximate surface area is 160 Å². The predicted molar refractivity (Wildman–Crippen MR) is 107 cm³/mol. The smallest absolute Gasteiger partial charge is 0.216 e. The summed E-state index contributed by atoms with van der Waals surface area (Å²) >= 11 is 5.34. The van der Waals surface area contributed by atoms with E-state index in [0.717, 1.165) is 28.2 Å². The summed E-state index contributed by atoms with van der Waals surface area (Å²) in [5, 5.41) is 11.7. The number of rotatable bonds is 5. The molecule has 0 fully saturated rings. The van der Waals surface area contributed by atoms with Gasteiger partial charge in [0, 0.05) is 0 Å². The second kappa shape index (κ2) is 7.16. The van der Waals surface area contributed by atoms with Gasteiger partial charge in [-0.15, -0.1) is 0 Å². The minimum Gasteiger partial charge on any atom is -0.497 e. The quantitative estimate of drug-likeness (QED) is 0.426. The van der Waals surface area contributed by atoms with Crippen LogP contribution in [-0.2, 0) is 6.54 Å². The zero-order valence-corrected chi connectivity index (χ0v) is 15.8. The molecule has 2 aromatic carbocycles. The lowest BCUT2D eigenvalue weighted by Gasteiger charge is -2.06. The molecule has 1 N–H and O–H groups in total. The summed E-state index contributed by atoms with van der Waals surface area (Å²) in [5.41, 5.74) is 2.95. The molecule has 0 aliphatic heterocycles. The predicted octanol–water partition coefficient (Wildman–Crippen LogP) is 3.54. The van der Waals surface area contributed by atoms with Crippen molar-refractivity contribution in [3.05, 3.63) is 70.5 Å². The zero-order chi connectivity index (χ0) is 18.8. The van der Waals surface area contributed by atoms with E-state index in [9.17, 15) is 0 Å². The van der Waals surface area contributed by atoms with Crippen molar-refractivity contribution in [1.29, 1.82) is 0 Å². The molecule has 2 aromatic heterocycles. The molecule has 0 aliphatic carbocycles. The summed E-state index contributed by atoms with van der Waals surface area (Å²) < 4.78 is 9.34. The molecule has 2 heterocycles. The molecule has 0 amide bonds. The van der Waals surface area contributed by atoms with Crippen LogP contribution in [0.4, 0.5) is 0 Å². The van der Waals surface area contributed by atoms with Crippen molar-refractivity contribution in [2.75, 3.05) is 7.11 Å². The van der Waals surface area contributed by atoms with E-state index in [1.165, 1.54) is 0 Å². The zero-order valence-electron chi connectivity index (χ0n) is 15.0. The maximum absolute atomic E-state index is 5.34. The van der Waals surface area contributed by atoms with E-state index in [1.54, 1.807) is 18.0 Å². The van der Waals surface area contributed by atoms with Gasteiger partial charge in [-0.3, -0.25) is 5.10 Å². The summed E-state index contributed by atoms with van der Waals surface area (Å²) in [5.74, 6) is 2.42. The third kappa shape index (κ3) is 3.39. The van der Waals surface area contributed by atoms with Crippen LogP contribution in [0.1, 0.15) is 17.2 Å². The van der Waals surface area contributed by atoms with Gasteiger partial charge in [0.05, 0.1) is 30.9 Å². The van der Waals surface area contributed by atoms with Crippen LogP contribution in [0.5, 0.6) is 5.75 Å². The highest BCUT2D eigenvalue weighted by Crippen LogP contribution is 2.17. The van der Waals surface area contributed by atoms with Gasteiger partial charge >= 0.3 is 0 Å². The van der Waals surface area contributed by atoms with Crippen molar-refractivity contribution >= 4 is 29.5 Å². The Bertz CT molecular complexity index is 1170. The molecule has 8 heteroatoms. The highest BCUT2D eigenvalue weighted by Gasteiger charge is 2.11. The number of aryl methyl sites for hydroxylation is 1. The molecule has 0 spiro atoms. The lowest BCUT2D eigenvalue weighted by atomic mass is 10.2. The van der Waals surface area contributed by atoms with Crippen molar-refractivity contribution in [2.45, 2.75) is 13.5 Å². The van der Waals surface area contributed by atoms with E-state index >= 15 is 0 Å². The topological polar surface area (TPSA) is 73.0 Å². The van der Waals surface area contributed by atoms with E-state index in [0.29, 0.717) is 17.1 Å². The van der Waals surface area contributed by atoms with E-state index in [-0.39, 0.29) is 0 Å². The molecule has 4 aromatic rings. The van der Waals surface area contributed by atoms with Gasteiger partial charge in [-0.2, -0.15) is 14.9 Å². The second-order valence-corrected chi connectivity index (χ2v) is 6.40. The van der Waals surface area contributed by atoms with Crippen LogP contribution < -0.4 is 4.74 Å². The number of benzene rings is 2. The number of H-pyrrole nitrogens is 1. The maximum Gasteiger partial charge on any atom is 0.216 e. The van der Waals surface area contributed by atoms with Crippen LogP contribution in [0.25, 0.3) is 11.0 Å². The monoisotopic (exact) mass is 378 g/mol. The highest BCUT2D eigenvalue weighted by molar-refractivity contribution is 7.71. The Kier molecular flexibility index (Phi) is 4.55.